The van der Waals surface area contributed by atoms with Gasteiger partial charge in [-0.2, -0.15) is 0 Å². The van der Waals surface area contributed by atoms with Crippen LogP contribution in [0.5, 0.6) is 0 Å². The van der Waals surface area contributed by atoms with Gasteiger partial charge in [0.15, 0.2) is 5.92 Å². The number of carboxylic acid groups (broad SMARTS) is 1. The van der Waals surface area contributed by atoms with Crippen LogP contribution in [0.3, 0.4) is 0 Å². The van der Waals surface area contributed by atoms with Crippen LogP contribution in [0, 0.1) is 5.92 Å². The van der Waals surface area contributed by atoms with Gasteiger partial charge in [0.1, 0.15) is 6.04 Å². The van der Waals surface area contributed by atoms with Gasteiger partial charge < -0.3 is 24.5 Å². The quantitative estimate of drug-likeness (QED) is 0.305. The predicted octanol–water partition coefficient (Wildman–Crippen LogP) is -2.09. The van der Waals surface area contributed by atoms with Crippen LogP contribution >= 0.6 is 0 Å². The van der Waals surface area contributed by atoms with Crippen molar-refractivity contribution in [2.75, 3.05) is 19.8 Å². The summed E-state index contributed by atoms with van der Waals surface area (Å²) in [6, 6.07) is -1.55. The van der Waals surface area contributed by atoms with E-state index in [1.807, 2.05) is 0 Å². The first kappa shape index (κ1) is 17.0. The molecule has 0 heterocycles. The molecule has 0 amide bonds. The van der Waals surface area contributed by atoms with E-state index in [-0.39, 0.29) is 13.2 Å². The Morgan fingerprint density at radius 2 is 1.68 bits per heavy atom. The van der Waals surface area contributed by atoms with Gasteiger partial charge in [-0.25, -0.2) is 0 Å². The van der Waals surface area contributed by atoms with Crippen molar-refractivity contribution in [3.63, 3.8) is 0 Å². The van der Waals surface area contributed by atoms with Crippen LogP contribution in [0.2, 0.25) is 0 Å². The molecule has 0 radical (unpaired) electrons. The molecule has 0 aliphatic heterocycles. The number of rotatable bonds is 8. The Morgan fingerprint density at radius 1 is 1.21 bits per heavy atom. The number of aliphatic hydroxyl groups excluding tert-OH is 1. The summed E-state index contributed by atoms with van der Waals surface area (Å²) >= 11 is 0. The average molecular weight is 274 g/mol. The minimum atomic E-state index is -1.62. The third-order valence-electron chi connectivity index (χ3n) is 1.94. The summed E-state index contributed by atoms with van der Waals surface area (Å²) in [5, 5.41) is 19.2. The molecule has 0 saturated carbocycles. The fourth-order valence-electron chi connectivity index (χ4n) is 1.05. The molecule has 0 aromatic heterocycles. The maximum atomic E-state index is 11.5. The summed E-state index contributed by atoms with van der Waals surface area (Å²) in [6.45, 7) is 2.39. The third kappa shape index (κ3) is 5.96. The summed E-state index contributed by atoms with van der Waals surface area (Å²) in [7, 11) is 0. The van der Waals surface area contributed by atoms with Crippen molar-refractivity contribution in [3.05, 3.63) is 0 Å². The number of hydrogen-bond donors (Lipinski definition) is 1. The van der Waals surface area contributed by atoms with Crippen molar-refractivity contribution in [2.45, 2.75) is 19.9 Å². The third-order valence-corrected chi connectivity index (χ3v) is 1.94. The number of aliphatic hydroxyl groups is 1. The van der Waals surface area contributed by atoms with E-state index in [1.165, 1.54) is 0 Å². The van der Waals surface area contributed by atoms with Crippen LogP contribution in [-0.4, -0.2) is 55.1 Å². The molecule has 0 rings (SSSR count). The topological polar surface area (TPSA) is 125 Å². The highest BCUT2D eigenvalue weighted by Gasteiger charge is 2.28. The summed E-state index contributed by atoms with van der Waals surface area (Å²) < 4.78 is 9.28. The first-order chi connectivity index (χ1) is 8.97. The fraction of sp³-hybridized carbons (Fsp3) is 0.636. The van der Waals surface area contributed by atoms with Gasteiger partial charge in [-0.15, -0.1) is 0 Å². The molecule has 0 aromatic carbocycles. The summed E-state index contributed by atoms with van der Waals surface area (Å²) in [6.07, 6.45) is 0.784. The van der Waals surface area contributed by atoms with E-state index in [2.05, 4.69) is 14.5 Å². The zero-order valence-corrected chi connectivity index (χ0v) is 10.7. The second-order valence-electron chi connectivity index (χ2n) is 3.30. The molecule has 0 spiro atoms. The highest BCUT2D eigenvalue weighted by molar-refractivity contribution is 6.09. The summed E-state index contributed by atoms with van der Waals surface area (Å²) in [5.41, 5.74) is 0. The van der Waals surface area contributed by atoms with Gasteiger partial charge in [-0.1, -0.05) is 0 Å². The molecule has 0 aliphatic carbocycles. The fourth-order valence-corrected chi connectivity index (χ4v) is 1.05. The smallest absolute Gasteiger partial charge is 0.325 e. The normalized spacial score (nSPS) is 12.4. The summed E-state index contributed by atoms with van der Waals surface area (Å²) in [5.74, 6) is -4.89. The number of hydrogen-bond acceptors (Lipinski definition) is 8. The van der Waals surface area contributed by atoms with Crippen molar-refractivity contribution in [1.29, 1.82) is 0 Å². The SMILES string of the molecule is CCOC(=O)C(C=N[C@H](CO)C(=O)[O-])C(=O)OCC. The molecule has 1 atom stereocenters. The number of carbonyl (C=O) groups is 3. The van der Waals surface area contributed by atoms with E-state index >= 15 is 0 Å². The average Bonchev–Trinajstić information content (AvgIpc) is 2.34. The van der Waals surface area contributed by atoms with Crippen LogP contribution in [0.15, 0.2) is 4.99 Å². The summed E-state index contributed by atoms with van der Waals surface area (Å²) in [4.78, 5) is 36.9. The molecule has 108 valence electrons. The number of aliphatic imine (C=N–C) groups is 1. The number of esters is 2. The van der Waals surface area contributed by atoms with Gasteiger partial charge in [-0.05, 0) is 13.8 Å². The maximum absolute atomic E-state index is 11.5. The second-order valence-corrected chi connectivity index (χ2v) is 3.30. The molecule has 1 N–H and O–H groups in total. The Balaban J connectivity index is 4.93. The van der Waals surface area contributed by atoms with Crippen LogP contribution in [0.25, 0.3) is 0 Å². The minimum absolute atomic E-state index is 0.0481. The van der Waals surface area contributed by atoms with Crippen LogP contribution in [0.1, 0.15) is 13.8 Å². The molecule has 0 bridgehead atoms. The molecule has 8 nitrogen and oxygen atoms in total. The monoisotopic (exact) mass is 274 g/mol. The van der Waals surface area contributed by atoms with E-state index in [4.69, 9.17) is 5.11 Å². The number of carbonyl (C=O) groups excluding carboxylic acids is 3. The number of ether oxygens (including phenoxy) is 2. The molecule has 0 unspecified atom stereocenters. The highest BCUT2D eigenvalue weighted by Crippen LogP contribution is 2.02. The van der Waals surface area contributed by atoms with Crippen LogP contribution in [-0.2, 0) is 23.9 Å². The standard InChI is InChI=1S/C11H17NO7/c1-3-18-10(16)7(11(17)19-4-2)5-12-8(6-13)9(14)15/h5,7-8,13H,3-4,6H2,1-2H3,(H,14,15)/p-1/t8-/m1/s1. The molecule has 0 saturated heterocycles. The lowest BCUT2D eigenvalue weighted by Crippen LogP contribution is -2.38. The van der Waals surface area contributed by atoms with Gasteiger partial charge in [0.25, 0.3) is 0 Å². The minimum Gasteiger partial charge on any atom is -0.548 e. The van der Waals surface area contributed by atoms with E-state index in [9.17, 15) is 19.5 Å². The first-order valence-corrected chi connectivity index (χ1v) is 5.66. The maximum Gasteiger partial charge on any atom is 0.325 e. The molecule has 19 heavy (non-hydrogen) atoms. The number of nitrogens with zero attached hydrogens (tertiary/aromatic N) is 1. The Bertz CT molecular complexity index is 335. The zero-order chi connectivity index (χ0) is 14.8. The molecule has 0 aromatic rings. The number of aliphatic carboxylic acids is 1. The Morgan fingerprint density at radius 3 is 2.00 bits per heavy atom. The molecular formula is C11H16NO7-. The van der Waals surface area contributed by atoms with E-state index in [1.54, 1.807) is 13.8 Å². The Hall–Kier alpha value is -1.96. The lowest BCUT2D eigenvalue weighted by atomic mass is 10.1. The van der Waals surface area contributed by atoms with E-state index < -0.39 is 36.5 Å². The van der Waals surface area contributed by atoms with Crippen molar-refractivity contribution < 1.29 is 34.1 Å². The first-order valence-electron chi connectivity index (χ1n) is 5.66. The van der Waals surface area contributed by atoms with Gasteiger partial charge in [-0.3, -0.25) is 14.6 Å². The zero-order valence-electron chi connectivity index (χ0n) is 10.7. The lowest BCUT2D eigenvalue weighted by molar-refractivity contribution is -0.308. The lowest BCUT2D eigenvalue weighted by Gasteiger charge is -2.13. The van der Waals surface area contributed by atoms with Gasteiger partial charge in [0, 0.05) is 6.21 Å². The van der Waals surface area contributed by atoms with Crippen molar-refractivity contribution in [3.8, 4) is 0 Å². The van der Waals surface area contributed by atoms with Crippen LogP contribution in [0.4, 0.5) is 0 Å². The van der Waals surface area contributed by atoms with E-state index in [0.29, 0.717) is 0 Å². The van der Waals surface area contributed by atoms with E-state index in [0.717, 1.165) is 6.21 Å². The second kappa shape index (κ2) is 9.03. The molecule has 8 heteroatoms. The molecule has 0 fully saturated rings. The molecular weight excluding hydrogens is 258 g/mol. The predicted molar refractivity (Wildman–Crippen MR) is 61.1 cm³/mol. The van der Waals surface area contributed by atoms with Crippen molar-refractivity contribution in [1.82, 2.24) is 0 Å². The van der Waals surface area contributed by atoms with Gasteiger partial charge in [0.2, 0.25) is 0 Å². The number of carboxylic acids is 1. The van der Waals surface area contributed by atoms with Gasteiger partial charge in [0.05, 0.1) is 25.8 Å². The Kier molecular flexibility index (Phi) is 8.10. The molecule has 0 aliphatic rings. The Labute approximate surface area is 110 Å². The van der Waals surface area contributed by atoms with Gasteiger partial charge >= 0.3 is 11.9 Å². The highest BCUT2D eigenvalue weighted by atomic mass is 16.6. The van der Waals surface area contributed by atoms with Crippen molar-refractivity contribution >= 4 is 24.1 Å². The largest absolute Gasteiger partial charge is 0.548 e. The van der Waals surface area contributed by atoms with Crippen LogP contribution < -0.4 is 5.11 Å². The van der Waals surface area contributed by atoms with Crippen molar-refractivity contribution in [2.24, 2.45) is 10.9 Å².